The lowest BCUT2D eigenvalue weighted by Gasteiger charge is -2.30. The number of morpholine rings is 1. The van der Waals surface area contributed by atoms with Crippen molar-refractivity contribution < 1.29 is 19.0 Å². The van der Waals surface area contributed by atoms with Crippen molar-refractivity contribution in [3.8, 4) is 32.8 Å². The van der Waals surface area contributed by atoms with Gasteiger partial charge in [-0.1, -0.05) is 78.1 Å². The van der Waals surface area contributed by atoms with Crippen LogP contribution in [0.5, 0.6) is 0 Å². The third-order valence-corrected chi connectivity index (χ3v) is 6.77. The molecule has 1 saturated heterocycles. The van der Waals surface area contributed by atoms with Gasteiger partial charge in [0.15, 0.2) is 11.2 Å². The van der Waals surface area contributed by atoms with Gasteiger partial charge in [-0.3, -0.25) is 0 Å². The van der Waals surface area contributed by atoms with E-state index in [1.54, 1.807) is 23.5 Å². The number of carboxylic acid groups (broad SMARTS) is 1. The summed E-state index contributed by atoms with van der Waals surface area (Å²) in [4.78, 5) is 19.4. The number of carbonyl (C=O) groups is 1. The number of halogens is 1. The van der Waals surface area contributed by atoms with Gasteiger partial charge in [0.2, 0.25) is 0 Å². The van der Waals surface area contributed by atoms with Gasteiger partial charge >= 0.3 is 5.97 Å². The standard InChI is InChI=1S/C26H21FN2O3S/c27-21-12-10-18(11-13-21)17-6-8-19(9-7-17)23-24(20-4-2-1-3-5-20)33-26(28-23)29-14-15-32-22(16-29)25(30)31/h1-13,22H,14-16H2,(H,30,31). The number of carboxylic acids is 1. The van der Waals surface area contributed by atoms with E-state index in [0.717, 1.165) is 38.0 Å². The van der Waals surface area contributed by atoms with Crippen molar-refractivity contribution >= 4 is 22.4 Å². The van der Waals surface area contributed by atoms with E-state index in [0.29, 0.717) is 13.2 Å². The molecule has 4 aromatic rings. The van der Waals surface area contributed by atoms with E-state index >= 15 is 0 Å². The monoisotopic (exact) mass is 460 g/mol. The fraction of sp³-hybridized carbons (Fsp3) is 0.154. The van der Waals surface area contributed by atoms with Crippen LogP contribution in [0.4, 0.5) is 9.52 Å². The summed E-state index contributed by atoms with van der Waals surface area (Å²) < 4.78 is 18.6. The smallest absolute Gasteiger partial charge is 0.334 e. The van der Waals surface area contributed by atoms with Crippen LogP contribution in [0.25, 0.3) is 32.8 Å². The normalized spacial score (nSPS) is 16.0. The highest BCUT2D eigenvalue weighted by Crippen LogP contribution is 2.41. The first-order valence-corrected chi connectivity index (χ1v) is 11.4. The topological polar surface area (TPSA) is 62.7 Å². The van der Waals surface area contributed by atoms with Crippen molar-refractivity contribution in [3.05, 3.63) is 84.7 Å². The summed E-state index contributed by atoms with van der Waals surface area (Å²) >= 11 is 1.55. The Kier molecular flexibility index (Phi) is 5.90. The number of hydrogen-bond donors (Lipinski definition) is 1. The van der Waals surface area contributed by atoms with Gasteiger partial charge in [-0.2, -0.15) is 0 Å². The van der Waals surface area contributed by atoms with Gasteiger partial charge in [-0.15, -0.1) is 0 Å². The number of rotatable bonds is 5. The summed E-state index contributed by atoms with van der Waals surface area (Å²) in [6.07, 6.45) is -0.860. The van der Waals surface area contributed by atoms with E-state index < -0.39 is 12.1 Å². The summed E-state index contributed by atoms with van der Waals surface area (Å²) in [6.45, 7) is 1.20. The van der Waals surface area contributed by atoms with Gasteiger partial charge in [-0.05, 0) is 28.8 Å². The molecule has 5 nitrogen and oxygen atoms in total. The number of ether oxygens (including phenoxy) is 1. The largest absolute Gasteiger partial charge is 0.479 e. The molecule has 5 rings (SSSR count). The third kappa shape index (κ3) is 4.51. The Morgan fingerprint density at radius 1 is 0.939 bits per heavy atom. The van der Waals surface area contributed by atoms with Gasteiger partial charge < -0.3 is 14.7 Å². The number of thiazole rings is 1. The van der Waals surface area contributed by atoms with Gasteiger partial charge in [-0.25, -0.2) is 14.2 Å². The van der Waals surface area contributed by atoms with Crippen molar-refractivity contribution in [1.29, 1.82) is 0 Å². The molecule has 3 aromatic carbocycles. The Bertz CT molecular complexity index is 1260. The van der Waals surface area contributed by atoms with Crippen molar-refractivity contribution in [2.24, 2.45) is 0 Å². The number of anilines is 1. The molecule has 33 heavy (non-hydrogen) atoms. The number of nitrogens with zero attached hydrogens (tertiary/aromatic N) is 2. The average molecular weight is 461 g/mol. The summed E-state index contributed by atoms with van der Waals surface area (Å²) in [7, 11) is 0. The molecule has 0 bridgehead atoms. The van der Waals surface area contributed by atoms with Gasteiger partial charge in [0.1, 0.15) is 5.82 Å². The van der Waals surface area contributed by atoms with Gasteiger partial charge in [0, 0.05) is 12.1 Å². The molecule has 0 spiro atoms. The predicted octanol–water partition coefficient (Wildman–Crippen LogP) is 5.57. The van der Waals surface area contributed by atoms with E-state index in [4.69, 9.17) is 9.72 Å². The summed E-state index contributed by atoms with van der Waals surface area (Å²) in [5, 5.41) is 10.1. The minimum Gasteiger partial charge on any atom is -0.479 e. The fourth-order valence-corrected chi connectivity index (χ4v) is 4.99. The zero-order valence-electron chi connectivity index (χ0n) is 17.6. The SMILES string of the molecule is O=C(O)C1CN(c2nc(-c3ccc(-c4ccc(F)cc4)cc3)c(-c3ccccc3)s2)CCO1. The van der Waals surface area contributed by atoms with Crippen molar-refractivity contribution in [2.75, 3.05) is 24.6 Å². The van der Waals surface area contributed by atoms with Crippen LogP contribution in [-0.2, 0) is 9.53 Å². The Morgan fingerprint density at radius 3 is 2.24 bits per heavy atom. The molecule has 1 aliphatic heterocycles. The first-order valence-electron chi connectivity index (χ1n) is 10.6. The molecular weight excluding hydrogens is 439 g/mol. The van der Waals surface area contributed by atoms with E-state index in [2.05, 4.69) is 0 Å². The van der Waals surface area contributed by atoms with Crippen molar-refractivity contribution in [3.63, 3.8) is 0 Å². The Labute approximate surface area is 194 Å². The highest BCUT2D eigenvalue weighted by Gasteiger charge is 2.29. The molecule has 1 aromatic heterocycles. The molecule has 1 unspecified atom stereocenters. The van der Waals surface area contributed by atoms with Crippen LogP contribution in [0.15, 0.2) is 78.9 Å². The molecule has 0 amide bonds. The number of aliphatic carboxylic acids is 1. The summed E-state index contributed by atoms with van der Waals surface area (Å²) in [5.41, 5.74) is 4.81. The molecule has 1 N–H and O–H groups in total. The van der Waals surface area contributed by atoms with Crippen LogP contribution >= 0.6 is 11.3 Å². The molecule has 1 aliphatic rings. The maximum atomic E-state index is 13.3. The van der Waals surface area contributed by atoms with E-state index in [-0.39, 0.29) is 12.4 Å². The van der Waals surface area contributed by atoms with Crippen LogP contribution in [0.1, 0.15) is 0 Å². The van der Waals surface area contributed by atoms with Crippen LogP contribution < -0.4 is 4.90 Å². The molecular formula is C26H21FN2O3S. The van der Waals surface area contributed by atoms with Gasteiger partial charge in [0.05, 0.1) is 23.7 Å². The highest BCUT2D eigenvalue weighted by molar-refractivity contribution is 7.19. The van der Waals surface area contributed by atoms with E-state index in [1.807, 2.05) is 59.5 Å². The summed E-state index contributed by atoms with van der Waals surface area (Å²) in [5.74, 6) is -1.22. The zero-order valence-corrected chi connectivity index (χ0v) is 18.5. The van der Waals surface area contributed by atoms with Crippen LogP contribution in [0.2, 0.25) is 0 Å². The lowest BCUT2D eigenvalue weighted by atomic mass is 10.0. The quantitative estimate of drug-likeness (QED) is 0.422. The second-order valence-corrected chi connectivity index (χ2v) is 8.75. The van der Waals surface area contributed by atoms with Gasteiger partial charge in [0.25, 0.3) is 0 Å². The lowest BCUT2D eigenvalue weighted by molar-refractivity contribution is -0.150. The Morgan fingerprint density at radius 2 is 1.58 bits per heavy atom. The number of aromatic nitrogens is 1. The predicted molar refractivity (Wildman–Crippen MR) is 128 cm³/mol. The van der Waals surface area contributed by atoms with Crippen molar-refractivity contribution in [2.45, 2.75) is 6.10 Å². The second-order valence-electron chi connectivity index (χ2n) is 7.77. The highest BCUT2D eigenvalue weighted by atomic mass is 32.1. The van der Waals surface area contributed by atoms with Crippen molar-refractivity contribution in [1.82, 2.24) is 4.98 Å². The molecule has 7 heteroatoms. The molecule has 0 aliphatic carbocycles. The summed E-state index contributed by atoms with van der Waals surface area (Å²) in [6, 6.07) is 24.5. The Hall–Kier alpha value is -3.55. The fourth-order valence-electron chi connectivity index (χ4n) is 3.86. The zero-order chi connectivity index (χ0) is 22.8. The molecule has 2 heterocycles. The molecule has 0 saturated carbocycles. The lowest BCUT2D eigenvalue weighted by Crippen LogP contribution is -2.46. The third-order valence-electron chi connectivity index (χ3n) is 5.60. The maximum Gasteiger partial charge on any atom is 0.334 e. The molecule has 1 atom stereocenters. The Balaban J connectivity index is 1.52. The average Bonchev–Trinajstić information content (AvgIpc) is 3.31. The first kappa shape index (κ1) is 21.3. The van der Waals surface area contributed by atoms with E-state index in [9.17, 15) is 14.3 Å². The minimum absolute atomic E-state index is 0.258. The molecule has 1 fully saturated rings. The van der Waals surface area contributed by atoms with Crippen LogP contribution in [0.3, 0.4) is 0 Å². The number of hydrogen-bond acceptors (Lipinski definition) is 5. The first-order chi connectivity index (χ1) is 16.1. The second kappa shape index (κ2) is 9.13. The maximum absolute atomic E-state index is 13.3. The minimum atomic E-state index is -0.962. The van der Waals surface area contributed by atoms with Crippen LogP contribution in [-0.4, -0.2) is 41.9 Å². The van der Waals surface area contributed by atoms with Crippen LogP contribution in [0, 0.1) is 5.82 Å². The number of benzene rings is 3. The molecule has 0 radical (unpaired) electrons. The molecule has 166 valence electrons. The van der Waals surface area contributed by atoms with E-state index in [1.165, 1.54) is 12.1 Å².